The highest BCUT2D eigenvalue weighted by atomic mass is 16.5. The van der Waals surface area contributed by atoms with Crippen LogP contribution in [0, 0.1) is 6.92 Å². The Hall–Kier alpha value is -3.41. The monoisotopic (exact) mass is 364 g/mol. The van der Waals surface area contributed by atoms with Gasteiger partial charge in [0.1, 0.15) is 11.5 Å². The van der Waals surface area contributed by atoms with Gasteiger partial charge in [-0.3, -0.25) is 9.59 Å². The molecule has 2 aromatic carbocycles. The Labute approximate surface area is 157 Å². The van der Waals surface area contributed by atoms with Gasteiger partial charge in [0.15, 0.2) is 5.78 Å². The van der Waals surface area contributed by atoms with E-state index >= 15 is 0 Å². The number of aromatic nitrogens is 1. The number of oxazole rings is 1. The Balaban J connectivity index is 1.73. The van der Waals surface area contributed by atoms with Gasteiger partial charge in [0.05, 0.1) is 24.8 Å². The summed E-state index contributed by atoms with van der Waals surface area (Å²) in [5.74, 6) is 1.42. The van der Waals surface area contributed by atoms with Crippen molar-refractivity contribution in [3.05, 3.63) is 65.5 Å². The fourth-order valence-corrected chi connectivity index (χ4v) is 2.67. The lowest BCUT2D eigenvalue weighted by Gasteiger charge is -2.05. The zero-order valence-corrected chi connectivity index (χ0v) is 15.4. The number of Topliss-reactive ketones (excluding diaryl/α,β-unsaturated/α-hetero) is 1. The maximum absolute atomic E-state index is 12.3. The molecule has 6 nitrogen and oxygen atoms in total. The molecule has 27 heavy (non-hydrogen) atoms. The molecule has 3 rings (SSSR count). The van der Waals surface area contributed by atoms with E-state index in [0.29, 0.717) is 34.3 Å². The van der Waals surface area contributed by atoms with Gasteiger partial charge in [-0.15, -0.1) is 0 Å². The minimum atomic E-state index is -0.214. The van der Waals surface area contributed by atoms with Crippen LogP contribution < -0.4 is 10.1 Å². The van der Waals surface area contributed by atoms with Crippen LogP contribution in [-0.2, 0) is 11.2 Å². The van der Waals surface area contributed by atoms with Gasteiger partial charge in [-0.1, -0.05) is 12.1 Å². The summed E-state index contributed by atoms with van der Waals surface area (Å²) < 4.78 is 11.1. The Morgan fingerprint density at radius 2 is 1.81 bits per heavy atom. The highest BCUT2D eigenvalue weighted by molar-refractivity contribution is 5.96. The highest BCUT2D eigenvalue weighted by Crippen LogP contribution is 2.30. The van der Waals surface area contributed by atoms with Gasteiger partial charge in [0.25, 0.3) is 0 Å². The number of methoxy groups -OCH3 is 1. The van der Waals surface area contributed by atoms with Crippen molar-refractivity contribution in [3.8, 4) is 17.2 Å². The molecule has 6 heteroatoms. The van der Waals surface area contributed by atoms with Crippen LogP contribution in [0.15, 0.2) is 52.9 Å². The van der Waals surface area contributed by atoms with E-state index in [2.05, 4.69) is 10.3 Å². The molecule has 3 aromatic rings. The number of nitrogens with one attached hydrogen (secondary N) is 1. The highest BCUT2D eigenvalue weighted by Gasteiger charge is 2.17. The molecule has 1 N–H and O–H groups in total. The first-order chi connectivity index (χ1) is 13.0. The summed E-state index contributed by atoms with van der Waals surface area (Å²) >= 11 is 0. The number of carbonyl (C=O) groups is 2. The van der Waals surface area contributed by atoms with Gasteiger partial charge >= 0.3 is 0 Å². The van der Waals surface area contributed by atoms with Crippen LogP contribution >= 0.6 is 0 Å². The van der Waals surface area contributed by atoms with Crippen LogP contribution in [0.5, 0.6) is 5.75 Å². The number of hydrogen-bond acceptors (Lipinski definition) is 5. The van der Waals surface area contributed by atoms with E-state index in [4.69, 9.17) is 9.15 Å². The van der Waals surface area contributed by atoms with E-state index in [9.17, 15) is 9.59 Å². The number of amides is 1. The van der Waals surface area contributed by atoms with Crippen LogP contribution in [0.4, 0.5) is 5.69 Å². The van der Waals surface area contributed by atoms with Gasteiger partial charge in [0.2, 0.25) is 11.8 Å². The molecule has 0 aliphatic rings. The quantitative estimate of drug-likeness (QED) is 0.668. The molecule has 0 saturated carbocycles. The lowest BCUT2D eigenvalue weighted by atomic mass is 10.1. The van der Waals surface area contributed by atoms with Gasteiger partial charge < -0.3 is 14.5 Å². The van der Waals surface area contributed by atoms with E-state index in [1.165, 1.54) is 6.92 Å². The molecule has 0 saturated heterocycles. The minimum Gasteiger partial charge on any atom is -0.496 e. The van der Waals surface area contributed by atoms with Crippen molar-refractivity contribution in [1.29, 1.82) is 0 Å². The molecule has 1 amide bonds. The number of rotatable bonds is 6. The predicted molar refractivity (Wildman–Crippen MR) is 102 cm³/mol. The number of hydrogen-bond donors (Lipinski definition) is 1. The van der Waals surface area contributed by atoms with Gasteiger partial charge in [-0.2, -0.15) is 0 Å². The first kappa shape index (κ1) is 18.4. The molecule has 0 aliphatic heterocycles. The van der Waals surface area contributed by atoms with Gasteiger partial charge in [-0.05, 0) is 50.2 Å². The number of carbonyl (C=O) groups excluding carboxylic acids is 2. The Bertz CT molecular complexity index is 974. The number of nitrogens with zero attached hydrogens (tertiary/aromatic N) is 1. The maximum Gasteiger partial charge on any atom is 0.230 e. The van der Waals surface area contributed by atoms with Crippen LogP contribution in [0.25, 0.3) is 11.5 Å². The van der Waals surface area contributed by atoms with E-state index in [0.717, 1.165) is 5.56 Å². The third kappa shape index (κ3) is 4.23. The van der Waals surface area contributed by atoms with Crippen molar-refractivity contribution >= 4 is 17.4 Å². The molecule has 0 spiro atoms. The largest absolute Gasteiger partial charge is 0.496 e. The fourth-order valence-electron chi connectivity index (χ4n) is 2.67. The van der Waals surface area contributed by atoms with Crippen molar-refractivity contribution < 1.29 is 18.7 Å². The standard InChI is InChI=1S/C21H20N2O4/c1-13(24)15-8-10-16(11-9-15)22-20(25)12-18-14(2)27-21(23-18)17-6-4-5-7-19(17)26-3/h4-11H,12H2,1-3H3,(H,22,25). The first-order valence-electron chi connectivity index (χ1n) is 8.48. The molecule has 0 unspecified atom stereocenters. The second-order valence-electron chi connectivity index (χ2n) is 6.08. The number of ketones is 1. The average molecular weight is 364 g/mol. The number of benzene rings is 2. The van der Waals surface area contributed by atoms with E-state index in [-0.39, 0.29) is 18.1 Å². The zero-order chi connectivity index (χ0) is 19.4. The molecule has 0 aliphatic carbocycles. The zero-order valence-electron chi connectivity index (χ0n) is 15.4. The minimum absolute atomic E-state index is 0.0185. The molecule has 0 bridgehead atoms. The predicted octanol–water partition coefficient (Wildman–Crippen LogP) is 4.04. The molecule has 1 aromatic heterocycles. The Morgan fingerprint density at radius 1 is 1.11 bits per heavy atom. The molecular weight excluding hydrogens is 344 g/mol. The van der Waals surface area contributed by atoms with E-state index in [1.807, 2.05) is 24.3 Å². The number of aryl methyl sites for hydroxylation is 1. The smallest absolute Gasteiger partial charge is 0.230 e. The van der Waals surface area contributed by atoms with E-state index in [1.54, 1.807) is 38.3 Å². The maximum atomic E-state index is 12.3. The summed E-state index contributed by atoms with van der Waals surface area (Å²) in [6.07, 6.45) is 0.0823. The van der Waals surface area contributed by atoms with Crippen molar-refractivity contribution in [2.75, 3.05) is 12.4 Å². The number of anilines is 1. The summed E-state index contributed by atoms with van der Waals surface area (Å²) in [6.45, 7) is 3.27. The lowest BCUT2D eigenvalue weighted by Crippen LogP contribution is -2.15. The summed E-state index contributed by atoms with van der Waals surface area (Å²) in [6, 6.07) is 14.2. The average Bonchev–Trinajstić information content (AvgIpc) is 3.02. The van der Waals surface area contributed by atoms with Crippen LogP contribution in [0.1, 0.15) is 28.7 Å². The molecular formula is C21H20N2O4. The number of para-hydroxylation sites is 1. The van der Waals surface area contributed by atoms with Crippen molar-refractivity contribution in [3.63, 3.8) is 0 Å². The molecule has 0 atom stereocenters. The third-order valence-corrected chi connectivity index (χ3v) is 4.13. The second kappa shape index (κ2) is 7.86. The van der Waals surface area contributed by atoms with Crippen LogP contribution in [0.3, 0.4) is 0 Å². The summed E-state index contributed by atoms with van der Waals surface area (Å²) in [5, 5.41) is 2.80. The van der Waals surface area contributed by atoms with Crippen molar-refractivity contribution in [2.45, 2.75) is 20.3 Å². The molecule has 1 heterocycles. The molecule has 0 radical (unpaired) electrons. The summed E-state index contributed by atoms with van der Waals surface area (Å²) in [4.78, 5) is 28.1. The van der Waals surface area contributed by atoms with Crippen molar-refractivity contribution in [2.24, 2.45) is 0 Å². The Morgan fingerprint density at radius 3 is 2.48 bits per heavy atom. The molecule has 138 valence electrons. The van der Waals surface area contributed by atoms with Gasteiger partial charge in [-0.25, -0.2) is 4.98 Å². The van der Waals surface area contributed by atoms with Crippen LogP contribution in [-0.4, -0.2) is 23.8 Å². The third-order valence-electron chi connectivity index (χ3n) is 4.13. The fraction of sp³-hybridized carbons (Fsp3) is 0.190. The van der Waals surface area contributed by atoms with Gasteiger partial charge in [0, 0.05) is 11.3 Å². The Kier molecular flexibility index (Phi) is 5.35. The normalized spacial score (nSPS) is 10.5. The van der Waals surface area contributed by atoms with Crippen LogP contribution in [0.2, 0.25) is 0 Å². The SMILES string of the molecule is COc1ccccc1-c1nc(CC(=O)Nc2ccc(C(C)=O)cc2)c(C)o1. The second-order valence-corrected chi connectivity index (χ2v) is 6.08. The van der Waals surface area contributed by atoms with E-state index < -0.39 is 0 Å². The first-order valence-corrected chi connectivity index (χ1v) is 8.48. The molecule has 0 fully saturated rings. The topological polar surface area (TPSA) is 81.4 Å². The summed E-state index contributed by atoms with van der Waals surface area (Å²) in [7, 11) is 1.58. The lowest BCUT2D eigenvalue weighted by molar-refractivity contribution is -0.115. The summed E-state index contributed by atoms with van der Waals surface area (Å²) in [5.41, 5.74) is 2.52. The number of ether oxygens (including phenoxy) is 1. The van der Waals surface area contributed by atoms with Crippen molar-refractivity contribution in [1.82, 2.24) is 4.98 Å².